The van der Waals surface area contributed by atoms with E-state index in [1.54, 1.807) is 6.92 Å². The van der Waals surface area contributed by atoms with Crippen molar-refractivity contribution in [3.63, 3.8) is 0 Å². The molecule has 0 saturated carbocycles. The number of benzene rings is 1. The molecular formula is C15H18N2O2. The van der Waals surface area contributed by atoms with Crippen LogP contribution in [0.25, 0.3) is 11.4 Å². The Balaban J connectivity index is 2.25. The van der Waals surface area contributed by atoms with Crippen LogP contribution in [-0.4, -0.2) is 15.9 Å². The SMILES string of the molecule is CC(=O)C(C)c1nc(-c2ccc(C(C)C)cc2)no1. The zero-order chi connectivity index (χ0) is 14.0. The lowest BCUT2D eigenvalue weighted by molar-refractivity contribution is -0.118. The smallest absolute Gasteiger partial charge is 0.237 e. The number of rotatable bonds is 4. The Kier molecular flexibility index (Phi) is 3.79. The summed E-state index contributed by atoms with van der Waals surface area (Å²) in [6.07, 6.45) is 0. The third-order valence-electron chi connectivity index (χ3n) is 3.26. The molecule has 0 spiro atoms. The van der Waals surface area contributed by atoms with Crippen molar-refractivity contribution >= 4 is 5.78 Å². The largest absolute Gasteiger partial charge is 0.338 e. The van der Waals surface area contributed by atoms with Gasteiger partial charge in [-0.05, 0) is 25.3 Å². The highest BCUT2D eigenvalue weighted by atomic mass is 16.5. The summed E-state index contributed by atoms with van der Waals surface area (Å²) in [5.74, 6) is 1.06. The van der Waals surface area contributed by atoms with Gasteiger partial charge in [0.2, 0.25) is 11.7 Å². The van der Waals surface area contributed by atoms with E-state index in [9.17, 15) is 4.79 Å². The summed E-state index contributed by atoms with van der Waals surface area (Å²) in [6.45, 7) is 7.58. The number of carbonyl (C=O) groups is 1. The van der Waals surface area contributed by atoms with E-state index in [4.69, 9.17) is 4.52 Å². The number of hydrogen-bond donors (Lipinski definition) is 0. The van der Waals surface area contributed by atoms with Crippen molar-refractivity contribution in [3.05, 3.63) is 35.7 Å². The first kappa shape index (κ1) is 13.5. The predicted octanol–water partition coefficient (Wildman–Crippen LogP) is 3.55. The van der Waals surface area contributed by atoms with E-state index >= 15 is 0 Å². The Hall–Kier alpha value is -1.97. The lowest BCUT2D eigenvalue weighted by Crippen LogP contribution is -2.04. The number of hydrogen-bond acceptors (Lipinski definition) is 4. The summed E-state index contributed by atoms with van der Waals surface area (Å²) >= 11 is 0. The van der Waals surface area contributed by atoms with Crippen molar-refractivity contribution < 1.29 is 9.32 Å². The first-order valence-corrected chi connectivity index (χ1v) is 6.43. The molecule has 0 aliphatic carbocycles. The average molecular weight is 258 g/mol. The molecule has 4 heteroatoms. The summed E-state index contributed by atoms with van der Waals surface area (Å²) in [5.41, 5.74) is 2.17. The van der Waals surface area contributed by atoms with Crippen LogP contribution in [0.3, 0.4) is 0 Å². The van der Waals surface area contributed by atoms with Crippen LogP contribution in [0.1, 0.15) is 51.0 Å². The monoisotopic (exact) mass is 258 g/mol. The Morgan fingerprint density at radius 2 is 1.79 bits per heavy atom. The first-order chi connectivity index (χ1) is 8.99. The maximum atomic E-state index is 11.3. The summed E-state index contributed by atoms with van der Waals surface area (Å²) in [5, 5.41) is 3.93. The highest BCUT2D eigenvalue weighted by Crippen LogP contribution is 2.22. The van der Waals surface area contributed by atoms with Crippen molar-refractivity contribution in [2.24, 2.45) is 0 Å². The van der Waals surface area contributed by atoms with E-state index in [0.29, 0.717) is 17.6 Å². The fraction of sp³-hybridized carbons (Fsp3) is 0.400. The molecule has 0 fully saturated rings. The number of carbonyl (C=O) groups excluding carboxylic acids is 1. The molecule has 4 nitrogen and oxygen atoms in total. The van der Waals surface area contributed by atoms with Crippen molar-refractivity contribution in [1.29, 1.82) is 0 Å². The fourth-order valence-electron chi connectivity index (χ4n) is 1.72. The Morgan fingerprint density at radius 1 is 1.16 bits per heavy atom. The summed E-state index contributed by atoms with van der Waals surface area (Å²) in [4.78, 5) is 15.6. The molecule has 0 aliphatic heterocycles. The second-order valence-corrected chi connectivity index (χ2v) is 5.07. The van der Waals surface area contributed by atoms with Crippen LogP contribution in [0.5, 0.6) is 0 Å². The summed E-state index contributed by atoms with van der Waals surface area (Å²) < 4.78 is 5.14. The normalized spacial score (nSPS) is 12.7. The number of nitrogens with zero attached hydrogens (tertiary/aromatic N) is 2. The Morgan fingerprint density at radius 3 is 2.32 bits per heavy atom. The maximum absolute atomic E-state index is 11.3. The molecule has 100 valence electrons. The lowest BCUT2D eigenvalue weighted by Gasteiger charge is -2.04. The number of aromatic nitrogens is 2. The fourth-order valence-corrected chi connectivity index (χ4v) is 1.72. The van der Waals surface area contributed by atoms with Crippen molar-refractivity contribution in [1.82, 2.24) is 10.1 Å². The molecule has 19 heavy (non-hydrogen) atoms. The summed E-state index contributed by atoms with van der Waals surface area (Å²) in [6, 6.07) is 8.07. The van der Waals surface area contributed by atoms with Gasteiger partial charge in [-0.3, -0.25) is 4.79 Å². The van der Waals surface area contributed by atoms with E-state index < -0.39 is 0 Å². The zero-order valence-electron chi connectivity index (χ0n) is 11.7. The van der Waals surface area contributed by atoms with Gasteiger partial charge in [-0.2, -0.15) is 4.98 Å². The van der Waals surface area contributed by atoms with Crippen LogP contribution in [-0.2, 0) is 4.79 Å². The minimum Gasteiger partial charge on any atom is -0.338 e. The van der Waals surface area contributed by atoms with E-state index in [1.807, 2.05) is 12.1 Å². The molecule has 0 N–H and O–H groups in total. The van der Waals surface area contributed by atoms with Crippen LogP contribution in [0.2, 0.25) is 0 Å². The van der Waals surface area contributed by atoms with Gasteiger partial charge in [0.1, 0.15) is 5.78 Å². The van der Waals surface area contributed by atoms with E-state index in [1.165, 1.54) is 12.5 Å². The molecule has 0 amide bonds. The molecule has 1 aromatic carbocycles. The van der Waals surface area contributed by atoms with Gasteiger partial charge in [0.15, 0.2) is 0 Å². The molecule has 1 aromatic heterocycles. The maximum Gasteiger partial charge on any atom is 0.237 e. The van der Waals surface area contributed by atoms with Gasteiger partial charge < -0.3 is 4.52 Å². The predicted molar refractivity (Wildman–Crippen MR) is 72.9 cm³/mol. The van der Waals surface area contributed by atoms with Crippen molar-refractivity contribution in [3.8, 4) is 11.4 Å². The highest BCUT2D eigenvalue weighted by Gasteiger charge is 2.18. The first-order valence-electron chi connectivity index (χ1n) is 6.43. The molecule has 0 saturated heterocycles. The molecular weight excluding hydrogens is 240 g/mol. The van der Waals surface area contributed by atoms with Gasteiger partial charge in [0.05, 0.1) is 5.92 Å². The van der Waals surface area contributed by atoms with Gasteiger partial charge >= 0.3 is 0 Å². The summed E-state index contributed by atoms with van der Waals surface area (Å²) in [7, 11) is 0. The van der Waals surface area contributed by atoms with Crippen LogP contribution in [0.4, 0.5) is 0 Å². The molecule has 1 atom stereocenters. The van der Waals surface area contributed by atoms with Gasteiger partial charge in [-0.15, -0.1) is 0 Å². The molecule has 1 unspecified atom stereocenters. The van der Waals surface area contributed by atoms with E-state index in [-0.39, 0.29) is 11.7 Å². The Bertz CT molecular complexity index is 570. The van der Waals surface area contributed by atoms with Crippen LogP contribution in [0, 0.1) is 0 Å². The number of ketones is 1. The molecule has 2 aromatic rings. The van der Waals surface area contributed by atoms with Crippen LogP contribution < -0.4 is 0 Å². The van der Waals surface area contributed by atoms with E-state index in [2.05, 4.69) is 36.1 Å². The van der Waals surface area contributed by atoms with Gasteiger partial charge in [0.25, 0.3) is 0 Å². The third-order valence-corrected chi connectivity index (χ3v) is 3.26. The standard InChI is InChI=1S/C15H18N2O2/c1-9(2)12-5-7-13(8-6-12)14-16-15(19-17-14)10(3)11(4)18/h5-10H,1-4H3. The quantitative estimate of drug-likeness (QED) is 0.841. The molecule has 0 radical (unpaired) electrons. The molecule has 1 heterocycles. The molecule has 2 rings (SSSR count). The Labute approximate surface area is 112 Å². The van der Waals surface area contributed by atoms with E-state index in [0.717, 1.165) is 5.56 Å². The van der Waals surface area contributed by atoms with Gasteiger partial charge in [-0.1, -0.05) is 43.3 Å². The topological polar surface area (TPSA) is 56.0 Å². The van der Waals surface area contributed by atoms with Crippen molar-refractivity contribution in [2.75, 3.05) is 0 Å². The minimum absolute atomic E-state index is 0.0188. The highest BCUT2D eigenvalue weighted by molar-refractivity contribution is 5.81. The van der Waals surface area contributed by atoms with Crippen LogP contribution in [0.15, 0.2) is 28.8 Å². The van der Waals surface area contributed by atoms with Gasteiger partial charge in [0, 0.05) is 5.56 Å². The van der Waals surface area contributed by atoms with Gasteiger partial charge in [-0.25, -0.2) is 0 Å². The average Bonchev–Trinajstić information content (AvgIpc) is 2.87. The third kappa shape index (κ3) is 2.89. The lowest BCUT2D eigenvalue weighted by atomic mass is 10.0. The number of Topliss-reactive ketones (excluding diaryl/α,β-unsaturated/α-hetero) is 1. The van der Waals surface area contributed by atoms with Crippen LogP contribution >= 0.6 is 0 Å². The van der Waals surface area contributed by atoms with Crippen molar-refractivity contribution in [2.45, 2.75) is 39.5 Å². The second kappa shape index (κ2) is 5.34. The minimum atomic E-state index is -0.351. The second-order valence-electron chi connectivity index (χ2n) is 5.07. The molecule has 0 bridgehead atoms. The zero-order valence-corrected chi connectivity index (χ0v) is 11.7. The molecule has 0 aliphatic rings.